The maximum Gasteiger partial charge on any atom is 0.414 e. The first-order chi connectivity index (χ1) is 8.30. The van der Waals surface area contributed by atoms with Crippen LogP contribution in [0.2, 0.25) is 0 Å². The van der Waals surface area contributed by atoms with Gasteiger partial charge in [-0.1, -0.05) is 13.0 Å². The van der Waals surface area contributed by atoms with Crippen molar-refractivity contribution in [2.24, 2.45) is 5.92 Å². The van der Waals surface area contributed by atoms with Crippen LogP contribution in [0.3, 0.4) is 0 Å². The molecule has 0 amide bonds. The van der Waals surface area contributed by atoms with E-state index in [1.165, 1.54) is 13.0 Å². The molecule has 1 saturated heterocycles. The average molecular weight is 266 g/mol. The number of rotatable bonds is 1. The Morgan fingerprint density at radius 1 is 1.17 bits per heavy atom. The van der Waals surface area contributed by atoms with Crippen molar-refractivity contribution >= 4 is 0 Å². The molecule has 1 nitrogen and oxygen atoms in total. The van der Waals surface area contributed by atoms with Gasteiger partial charge >= 0.3 is 6.18 Å². The number of hydrogen-bond acceptors (Lipinski definition) is 1. The predicted octanol–water partition coefficient (Wildman–Crippen LogP) is 3.65. The van der Waals surface area contributed by atoms with E-state index < -0.39 is 35.8 Å². The maximum absolute atomic E-state index is 13.1. The second-order valence-electron chi connectivity index (χ2n) is 4.43. The van der Waals surface area contributed by atoms with E-state index in [9.17, 15) is 22.0 Å². The smallest absolute Gasteiger partial charge is 0.368 e. The zero-order chi connectivity index (χ0) is 13.5. The monoisotopic (exact) mass is 266 g/mol. The Morgan fingerprint density at radius 3 is 2.33 bits per heavy atom. The molecule has 3 unspecified atom stereocenters. The van der Waals surface area contributed by atoms with E-state index >= 15 is 0 Å². The van der Waals surface area contributed by atoms with Crippen LogP contribution < -0.4 is 0 Å². The summed E-state index contributed by atoms with van der Waals surface area (Å²) in [5.41, 5.74) is 0.327. The molecule has 1 aromatic carbocycles. The van der Waals surface area contributed by atoms with Crippen molar-refractivity contribution in [1.29, 1.82) is 0 Å². The van der Waals surface area contributed by atoms with Gasteiger partial charge in [0.2, 0.25) is 0 Å². The molecule has 18 heavy (non-hydrogen) atoms. The second-order valence-corrected chi connectivity index (χ2v) is 4.43. The number of benzene rings is 1. The summed E-state index contributed by atoms with van der Waals surface area (Å²) in [6.07, 6.45) is -6.29. The lowest BCUT2D eigenvalue weighted by atomic mass is 9.86. The van der Waals surface area contributed by atoms with E-state index in [0.717, 1.165) is 12.1 Å². The topological polar surface area (TPSA) is 9.23 Å². The molecule has 0 bridgehead atoms. The van der Waals surface area contributed by atoms with E-state index in [1.54, 1.807) is 0 Å². The first kappa shape index (κ1) is 13.3. The number of hydrogen-bond donors (Lipinski definition) is 0. The van der Waals surface area contributed by atoms with E-state index in [0.29, 0.717) is 5.56 Å². The van der Waals surface area contributed by atoms with Crippen LogP contribution in [0.5, 0.6) is 0 Å². The van der Waals surface area contributed by atoms with Crippen molar-refractivity contribution in [3.63, 3.8) is 0 Å². The second kappa shape index (κ2) is 4.50. The number of ether oxygens (including phenoxy) is 1. The van der Waals surface area contributed by atoms with E-state index in [1.807, 2.05) is 0 Å². The van der Waals surface area contributed by atoms with E-state index in [4.69, 9.17) is 4.74 Å². The van der Waals surface area contributed by atoms with Crippen LogP contribution >= 0.6 is 0 Å². The van der Waals surface area contributed by atoms with Crippen LogP contribution in [-0.2, 0) is 4.74 Å². The molecule has 0 radical (unpaired) electrons. The Kier molecular flexibility index (Phi) is 3.31. The maximum atomic E-state index is 13.1. The third-order valence-electron chi connectivity index (χ3n) is 3.26. The van der Waals surface area contributed by atoms with Gasteiger partial charge in [-0.15, -0.1) is 0 Å². The normalized spacial score (nSPS) is 28.7. The quantitative estimate of drug-likeness (QED) is 0.705. The zero-order valence-electron chi connectivity index (χ0n) is 9.47. The third kappa shape index (κ3) is 2.34. The van der Waals surface area contributed by atoms with Crippen LogP contribution in [0.4, 0.5) is 22.0 Å². The Balaban J connectivity index is 2.23. The van der Waals surface area contributed by atoms with Gasteiger partial charge in [-0.05, 0) is 17.7 Å². The van der Waals surface area contributed by atoms with Gasteiger partial charge in [-0.3, -0.25) is 0 Å². The van der Waals surface area contributed by atoms with Crippen molar-refractivity contribution in [3.8, 4) is 0 Å². The summed E-state index contributed by atoms with van der Waals surface area (Å²) in [4.78, 5) is 0. The van der Waals surface area contributed by atoms with Gasteiger partial charge in [0.1, 0.15) is 0 Å². The molecular formula is C12H11F5O. The molecule has 1 aromatic rings. The van der Waals surface area contributed by atoms with Crippen molar-refractivity contribution in [1.82, 2.24) is 0 Å². The minimum absolute atomic E-state index is 0.142. The molecule has 100 valence electrons. The fraction of sp³-hybridized carbons (Fsp3) is 0.500. The van der Waals surface area contributed by atoms with E-state index in [-0.39, 0.29) is 6.61 Å². The molecule has 1 heterocycles. The highest BCUT2D eigenvalue weighted by Crippen LogP contribution is 2.42. The van der Waals surface area contributed by atoms with Crippen molar-refractivity contribution in [2.45, 2.75) is 25.1 Å². The first-order valence-electron chi connectivity index (χ1n) is 5.44. The van der Waals surface area contributed by atoms with Gasteiger partial charge < -0.3 is 4.74 Å². The summed E-state index contributed by atoms with van der Waals surface area (Å²) >= 11 is 0. The van der Waals surface area contributed by atoms with Gasteiger partial charge in [0.15, 0.2) is 17.7 Å². The molecule has 0 aromatic heterocycles. The van der Waals surface area contributed by atoms with Crippen LogP contribution in [0.1, 0.15) is 18.4 Å². The molecule has 0 aliphatic carbocycles. The Hall–Kier alpha value is -1.17. The zero-order valence-corrected chi connectivity index (χ0v) is 9.47. The van der Waals surface area contributed by atoms with Crippen LogP contribution in [-0.4, -0.2) is 18.9 Å². The van der Waals surface area contributed by atoms with Gasteiger partial charge in [-0.25, -0.2) is 8.78 Å². The highest BCUT2D eigenvalue weighted by molar-refractivity contribution is 5.24. The summed E-state index contributed by atoms with van der Waals surface area (Å²) in [5.74, 6) is -3.48. The summed E-state index contributed by atoms with van der Waals surface area (Å²) in [6, 6.07) is 3.14. The lowest BCUT2D eigenvalue weighted by molar-refractivity contribution is -0.215. The van der Waals surface area contributed by atoms with Crippen LogP contribution in [0, 0.1) is 17.6 Å². The summed E-state index contributed by atoms with van der Waals surface area (Å²) in [6.45, 7) is 1.26. The molecule has 1 aliphatic heterocycles. The minimum Gasteiger partial charge on any atom is -0.368 e. The molecular weight excluding hydrogens is 255 g/mol. The lowest BCUT2D eigenvalue weighted by Crippen LogP contribution is -2.33. The molecule has 1 aliphatic rings. The van der Waals surface area contributed by atoms with Crippen molar-refractivity contribution in [2.75, 3.05) is 6.61 Å². The van der Waals surface area contributed by atoms with Gasteiger partial charge in [0, 0.05) is 11.8 Å². The number of halogens is 5. The molecule has 0 saturated carbocycles. The fourth-order valence-electron chi connectivity index (χ4n) is 2.26. The molecule has 0 spiro atoms. The molecule has 3 atom stereocenters. The van der Waals surface area contributed by atoms with Gasteiger partial charge in [0.25, 0.3) is 0 Å². The standard InChI is InChI=1S/C12H11F5O/c1-6-8(5-18-11(6)12(15,16)17)7-2-3-9(13)10(14)4-7/h2-4,6,8,11H,5H2,1H3. The largest absolute Gasteiger partial charge is 0.414 e. The Bertz CT molecular complexity index is 443. The van der Waals surface area contributed by atoms with Crippen LogP contribution in [0.15, 0.2) is 18.2 Å². The average Bonchev–Trinajstić information content (AvgIpc) is 2.64. The van der Waals surface area contributed by atoms with Crippen molar-refractivity contribution in [3.05, 3.63) is 35.4 Å². The molecule has 0 N–H and O–H groups in total. The molecule has 1 fully saturated rings. The number of alkyl halides is 3. The van der Waals surface area contributed by atoms with E-state index in [2.05, 4.69) is 0 Å². The third-order valence-corrected chi connectivity index (χ3v) is 3.26. The van der Waals surface area contributed by atoms with Crippen LogP contribution in [0.25, 0.3) is 0 Å². The first-order valence-corrected chi connectivity index (χ1v) is 5.44. The minimum atomic E-state index is -4.44. The predicted molar refractivity (Wildman–Crippen MR) is 54.1 cm³/mol. The highest BCUT2D eigenvalue weighted by Gasteiger charge is 2.50. The van der Waals surface area contributed by atoms with Gasteiger partial charge in [0.05, 0.1) is 6.61 Å². The SMILES string of the molecule is CC1C(c2ccc(F)c(F)c2)COC1C(F)(F)F. The molecule has 6 heteroatoms. The molecule has 2 rings (SSSR count). The Labute approximate surface area is 101 Å². The summed E-state index contributed by atoms with van der Waals surface area (Å²) in [5, 5.41) is 0. The van der Waals surface area contributed by atoms with Gasteiger partial charge in [-0.2, -0.15) is 13.2 Å². The Morgan fingerprint density at radius 2 is 1.83 bits per heavy atom. The summed E-state index contributed by atoms with van der Waals surface area (Å²) < 4.78 is 68.3. The summed E-state index contributed by atoms with van der Waals surface area (Å²) in [7, 11) is 0. The fourth-order valence-corrected chi connectivity index (χ4v) is 2.26. The van der Waals surface area contributed by atoms with Crippen molar-refractivity contribution < 1.29 is 26.7 Å². The lowest BCUT2D eigenvalue weighted by Gasteiger charge is -2.21. The highest BCUT2D eigenvalue weighted by atomic mass is 19.4.